The standard InChI is InChI=1S/C22H38O/c1-3-5-7-9-11-13-15-20-17-18-22(23)21(19-20)16-14-12-10-8-6-4-2/h17-19,23H,3-16H2,1-2H3. The van der Waals surface area contributed by atoms with Crippen molar-refractivity contribution in [1.82, 2.24) is 0 Å². The molecule has 0 saturated carbocycles. The molecule has 0 aliphatic rings. The summed E-state index contributed by atoms with van der Waals surface area (Å²) in [6, 6.07) is 6.25. The van der Waals surface area contributed by atoms with Gasteiger partial charge in [-0.2, -0.15) is 0 Å². The first-order chi connectivity index (χ1) is 11.3. The number of hydrogen-bond donors (Lipinski definition) is 1. The number of phenols is 1. The predicted octanol–water partition coefficient (Wildman–Crippen LogP) is 7.20. The molecule has 0 unspecified atom stereocenters. The molecular weight excluding hydrogens is 280 g/mol. The quantitative estimate of drug-likeness (QED) is 0.360. The maximum Gasteiger partial charge on any atom is 0.118 e. The first-order valence-corrected chi connectivity index (χ1v) is 10.1. The lowest BCUT2D eigenvalue weighted by Crippen LogP contribution is -1.92. The van der Waals surface area contributed by atoms with E-state index in [1.807, 2.05) is 6.07 Å². The van der Waals surface area contributed by atoms with Crippen molar-refractivity contribution in [2.75, 3.05) is 0 Å². The van der Waals surface area contributed by atoms with E-state index in [0.29, 0.717) is 5.75 Å². The van der Waals surface area contributed by atoms with Crippen LogP contribution >= 0.6 is 0 Å². The van der Waals surface area contributed by atoms with E-state index in [2.05, 4.69) is 26.0 Å². The third kappa shape index (κ3) is 9.69. The van der Waals surface area contributed by atoms with Gasteiger partial charge in [0.1, 0.15) is 5.75 Å². The van der Waals surface area contributed by atoms with Gasteiger partial charge < -0.3 is 5.11 Å². The summed E-state index contributed by atoms with van der Waals surface area (Å²) < 4.78 is 0. The van der Waals surface area contributed by atoms with Crippen LogP contribution in [0, 0.1) is 0 Å². The minimum atomic E-state index is 0.491. The van der Waals surface area contributed by atoms with Crippen molar-refractivity contribution in [2.45, 2.75) is 104 Å². The Hall–Kier alpha value is -0.980. The van der Waals surface area contributed by atoms with Crippen LogP contribution in [-0.2, 0) is 12.8 Å². The highest BCUT2D eigenvalue weighted by Crippen LogP contribution is 2.22. The molecule has 0 spiro atoms. The number of aromatic hydroxyl groups is 1. The van der Waals surface area contributed by atoms with Gasteiger partial charge in [0.2, 0.25) is 0 Å². The van der Waals surface area contributed by atoms with Crippen LogP contribution in [0.5, 0.6) is 5.75 Å². The summed E-state index contributed by atoms with van der Waals surface area (Å²) in [7, 11) is 0. The van der Waals surface area contributed by atoms with Crippen LogP contribution in [0.3, 0.4) is 0 Å². The first-order valence-electron chi connectivity index (χ1n) is 10.1. The number of unbranched alkanes of at least 4 members (excludes halogenated alkanes) is 10. The second-order valence-electron chi connectivity index (χ2n) is 7.00. The lowest BCUT2D eigenvalue weighted by Gasteiger charge is -2.08. The molecule has 0 fully saturated rings. The molecule has 0 aliphatic heterocycles. The zero-order chi connectivity index (χ0) is 16.8. The summed E-state index contributed by atoms with van der Waals surface area (Å²) in [5.74, 6) is 0.491. The Morgan fingerprint density at radius 2 is 1.17 bits per heavy atom. The van der Waals surface area contributed by atoms with Gasteiger partial charge in [0.15, 0.2) is 0 Å². The predicted molar refractivity (Wildman–Crippen MR) is 102 cm³/mol. The number of phenolic OH excluding ortho intramolecular Hbond substituents is 1. The SMILES string of the molecule is CCCCCCCCc1ccc(O)c(CCCCCCCC)c1. The summed E-state index contributed by atoms with van der Waals surface area (Å²) in [4.78, 5) is 0. The molecule has 0 aliphatic carbocycles. The van der Waals surface area contributed by atoms with E-state index >= 15 is 0 Å². The van der Waals surface area contributed by atoms with Gasteiger partial charge in [-0.3, -0.25) is 0 Å². The average molecular weight is 319 g/mol. The smallest absolute Gasteiger partial charge is 0.118 e. The lowest BCUT2D eigenvalue weighted by molar-refractivity contribution is 0.465. The van der Waals surface area contributed by atoms with Crippen molar-refractivity contribution in [3.8, 4) is 5.75 Å². The normalized spacial score (nSPS) is 11.0. The molecule has 1 aromatic rings. The fraction of sp³-hybridized carbons (Fsp3) is 0.727. The molecule has 132 valence electrons. The molecule has 0 atom stereocenters. The highest BCUT2D eigenvalue weighted by atomic mass is 16.3. The monoisotopic (exact) mass is 318 g/mol. The Bertz CT molecular complexity index is 397. The fourth-order valence-corrected chi connectivity index (χ4v) is 3.20. The molecule has 1 N–H and O–H groups in total. The van der Waals surface area contributed by atoms with Gasteiger partial charge in [-0.15, -0.1) is 0 Å². The summed E-state index contributed by atoms with van der Waals surface area (Å²) in [6.07, 6.45) is 18.1. The van der Waals surface area contributed by atoms with Crippen molar-refractivity contribution in [2.24, 2.45) is 0 Å². The maximum atomic E-state index is 10.0. The highest BCUT2D eigenvalue weighted by molar-refractivity contribution is 5.36. The molecule has 1 rings (SSSR count). The third-order valence-electron chi connectivity index (χ3n) is 4.76. The number of rotatable bonds is 14. The molecule has 0 saturated heterocycles. The molecule has 0 amide bonds. The second kappa shape index (κ2) is 13.5. The van der Waals surface area contributed by atoms with Crippen LogP contribution in [0.4, 0.5) is 0 Å². The van der Waals surface area contributed by atoms with E-state index in [-0.39, 0.29) is 0 Å². The van der Waals surface area contributed by atoms with Gasteiger partial charge in [0.25, 0.3) is 0 Å². The molecule has 1 nitrogen and oxygen atoms in total. The van der Waals surface area contributed by atoms with Crippen molar-refractivity contribution < 1.29 is 5.11 Å². The van der Waals surface area contributed by atoms with Gasteiger partial charge in [-0.25, -0.2) is 0 Å². The van der Waals surface area contributed by atoms with Crippen LogP contribution < -0.4 is 0 Å². The van der Waals surface area contributed by atoms with Gasteiger partial charge in [0, 0.05) is 0 Å². The Morgan fingerprint density at radius 3 is 1.78 bits per heavy atom. The minimum Gasteiger partial charge on any atom is -0.508 e. The Balaban J connectivity index is 2.25. The van der Waals surface area contributed by atoms with E-state index in [1.165, 1.54) is 82.6 Å². The van der Waals surface area contributed by atoms with Crippen molar-refractivity contribution in [1.29, 1.82) is 0 Å². The van der Waals surface area contributed by atoms with E-state index < -0.39 is 0 Å². The Labute approximate surface area is 144 Å². The molecular formula is C22H38O. The van der Waals surface area contributed by atoms with Crippen molar-refractivity contribution in [3.05, 3.63) is 29.3 Å². The Kier molecular flexibility index (Phi) is 11.7. The largest absolute Gasteiger partial charge is 0.508 e. The van der Waals surface area contributed by atoms with Crippen LogP contribution in [0.25, 0.3) is 0 Å². The molecule has 0 aromatic heterocycles. The maximum absolute atomic E-state index is 10.0. The van der Waals surface area contributed by atoms with Gasteiger partial charge >= 0.3 is 0 Å². The van der Waals surface area contributed by atoms with Crippen molar-refractivity contribution in [3.63, 3.8) is 0 Å². The molecule has 1 heteroatoms. The van der Waals surface area contributed by atoms with E-state index in [0.717, 1.165) is 18.4 Å². The molecule has 23 heavy (non-hydrogen) atoms. The molecule has 0 radical (unpaired) electrons. The molecule has 1 aromatic carbocycles. The highest BCUT2D eigenvalue weighted by Gasteiger charge is 2.03. The fourth-order valence-electron chi connectivity index (χ4n) is 3.20. The molecule has 0 bridgehead atoms. The summed E-state index contributed by atoms with van der Waals surface area (Å²) in [5.41, 5.74) is 2.56. The van der Waals surface area contributed by atoms with E-state index in [4.69, 9.17) is 0 Å². The Morgan fingerprint density at radius 1 is 0.652 bits per heavy atom. The average Bonchev–Trinajstić information content (AvgIpc) is 2.56. The summed E-state index contributed by atoms with van der Waals surface area (Å²) in [6.45, 7) is 4.52. The summed E-state index contributed by atoms with van der Waals surface area (Å²) >= 11 is 0. The van der Waals surface area contributed by atoms with Crippen molar-refractivity contribution >= 4 is 0 Å². The topological polar surface area (TPSA) is 20.2 Å². The minimum absolute atomic E-state index is 0.491. The van der Waals surface area contributed by atoms with Gasteiger partial charge in [-0.1, -0.05) is 90.2 Å². The van der Waals surface area contributed by atoms with Crippen LogP contribution in [0.1, 0.15) is 102 Å². The number of benzene rings is 1. The van der Waals surface area contributed by atoms with E-state index in [9.17, 15) is 5.11 Å². The summed E-state index contributed by atoms with van der Waals surface area (Å²) in [5, 5.41) is 10.0. The zero-order valence-corrected chi connectivity index (χ0v) is 15.6. The van der Waals surface area contributed by atoms with Gasteiger partial charge in [0.05, 0.1) is 0 Å². The van der Waals surface area contributed by atoms with Crippen LogP contribution in [0.2, 0.25) is 0 Å². The lowest BCUT2D eigenvalue weighted by atomic mass is 9.99. The van der Waals surface area contributed by atoms with Crippen LogP contribution in [-0.4, -0.2) is 5.11 Å². The third-order valence-corrected chi connectivity index (χ3v) is 4.76. The zero-order valence-electron chi connectivity index (χ0n) is 15.6. The number of hydrogen-bond acceptors (Lipinski definition) is 1. The van der Waals surface area contributed by atoms with Gasteiger partial charge in [-0.05, 0) is 42.9 Å². The van der Waals surface area contributed by atoms with Crippen LogP contribution in [0.15, 0.2) is 18.2 Å². The molecule has 0 heterocycles. The van der Waals surface area contributed by atoms with E-state index in [1.54, 1.807) is 0 Å². The first kappa shape index (κ1) is 20.1. The second-order valence-corrected chi connectivity index (χ2v) is 7.00. The number of aryl methyl sites for hydroxylation is 2.